The van der Waals surface area contributed by atoms with E-state index in [1.54, 1.807) is 0 Å². The van der Waals surface area contributed by atoms with Crippen molar-refractivity contribution in [1.82, 2.24) is 0 Å². The fourth-order valence-corrected chi connectivity index (χ4v) is 6.11. The third-order valence-corrected chi connectivity index (χ3v) is 17.8. The SMILES string of the molecule is CC(C)(C)[Si](C)(C)OCCc1ccsc1C=O.CC(C)(C)[Si](C)(C)OCCc1csc(C=O)c1. The predicted molar refractivity (Wildman–Crippen MR) is 153 cm³/mol. The van der Waals surface area contributed by atoms with Gasteiger partial charge in [-0.2, -0.15) is 0 Å². The van der Waals surface area contributed by atoms with Crippen LogP contribution in [0.3, 0.4) is 0 Å². The van der Waals surface area contributed by atoms with E-state index in [9.17, 15) is 9.59 Å². The van der Waals surface area contributed by atoms with E-state index in [0.29, 0.717) is 6.61 Å². The molecule has 192 valence electrons. The van der Waals surface area contributed by atoms with Crippen LogP contribution >= 0.6 is 22.7 Å². The van der Waals surface area contributed by atoms with Gasteiger partial charge in [-0.3, -0.25) is 9.59 Å². The molecular formula is C26H44O4S2Si2. The molecule has 0 aliphatic heterocycles. The Bertz CT molecular complexity index is 903. The van der Waals surface area contributed by atoms with Gasteiger partial charge in [-0.25, -0.2) is 0 Å². The number of hydrogen-bond donors (Lipinski definition) is 0. The summed E-state index contributed by atoms with van der Waals surface area (Å²) in [6.45, 7) is 23.9. The van der Waals surface area contributed by atoms with Crippen LogP contribution in [0.5, 0.6) is 0 Å². The molecule has 0 spiro atoms. The summed E-state index contributed by atoms with van der Waals surface area (Å²) in [4.78, 5) is 23.0. The minimum absolute atomic E-state index is 0.245. The summed E-state index contributed by atoms with van der Waals surface area (Å²) in [5.41, 5.74) is 2.32. The largest absolute Gasteiger partial charge is 0.416 e. The van der Waals surface area contributed by atoms with E-state index in [2.05, 4.69) is 67.7 Å². The van der Waals surface area contributed by atoms with Gasteiger partial charge in [-0.05, 0) is 83.1 Å². The maximum atomic E-state index is 10.8. The molecule has 8 heteroatoms. The van der Waals surface area contributed by atoms with Gasteiger partial charge in [0, 0.05) is 13.2 Å². The maximum Gasteiger partial charge on any atom is 0.191 e. The first-order valence-corrected chi connectivity index (χ1v) is 19.4. The number of thiophene rings is 2. The minimum atomic E-state index is -1.65. The highest BCUT2D eigenvalue weighted by atomic mass is 32.1. The lowest BCUT2D eigenvalue weighted by Crippen LogP contribution is -2.41. The quantitative estimate of drug-likeness (QED) is 0.225. The summed E-state index contributed by atoms with van der Waals surface area (Å²) < 4.78 is 12.2. The van der Waals surface area contributed by atoms with Gasteiger partial charge in [0.15, 0.2) is 29.2 Å². The molecule has 0 aliphatic rings. The summed E-state index contributed by atoms with van der Waals surface area (Å²) in [5.74, 6) is 0. The maximum absolute atomic E-state index is 10.8. The Morgan fingerprint density at radius 1 is 0.824 bits per heavy atom. The van der Waals surface area contributed by atoms with Crippen molar-refractivity contribution >= 4 is 51.9 Å². The first-order chi connectivity index (χ1) is 15.5. The molecule has 2 heterocycles. The molecule has 0 fully saturated rings. The van der Waals surface area contributed by atoms with Crippen LogP contribution in [0.1, 0.15) is 72.0 Å². The van der Waals surface area contributed by atoms with Crippen molar-refractivity contribution in [2.24, 2.45) is 0 Å². The second-order valence-electron chi connectivity index (χ2n) is 11.6. The van der Waals surface area contributed by atoms with Gasteiger partial charge < -0.3 is 8.85 Å². The van der Waals surface area contributed by atoms with E-state index in [4.69, 9.17) is 8.85 Å². The van der Waals surface area contributed by atoms with Crippen molar-refractivity contribution in [2.45, 2.75) is 90.6 Å². The molecule has 2 aromatic heterocycles. The van der Waals surface area contributed by atoms with Crippen LogP contribution in [0.2, 0.25) is 36.3 Å². The van der Waals surface area contributed by atoms with Crippen molar-refractivity contribution in [3.8, 4) is 0 Å². The molecular weight excluding hydrogens is 497 g/mol. The summed E-state index contributed by atoms with van der Waals surface area (Å²) in [6.07, 6.45) is 3.58. The van der Waals surface area contributed by atoms with Gasteiger partial charge >= 0.3 is 0 Å². The second kappa shape index (κ2) is 12.9. The van der Waals surface area contributed by atoms with Crippen molar-refractivity contribution in [2.75, 3.05) is 13.2 Å². The van der Waals surface area contributed by atoms with Crippen LogP contribution in [0.25, 0.3) is 0 Å². The molecule has 0 amide bonds. The monoisotopic (exact) mass is 540 g/mol. The average Bonchev–Trinajstić information content (AvgIpc) is 3.35. The normalized spacial score (nSPS) is 12.8. The van der Waals surface area contributed by atoms with Crippen LogP contribution in [0.15, 0.2) is 22.9 Å². The standard InChI is InChI=1S/2C13H22O2SSi/c1-13(2,3)17(4,5)15-8-6-11-7-9-16-12(11)10-14;1-13(2,3)17(4,5)15-7-6-11-8-12(9-14)16-10-11/h7,9-10H,6,8H2,1-5H3;8-10H,6-7H2,1-5H3. The lowest BCUT2D eigenvalue weighted by Gasteiger charge is -2.36. The molecule has 34 heavy (non-hydrogen) atoms. The zero-order valence-electron chi connectivity index (χ0n) is 22.7. The Morgan fingerprint density at radius 2 is 1.35 bits per heavy atom. The van der Waals surface area contributed by atoms with Crippen molar-refractivity contribution in [3.63, 3.8) is 0 Å². The molecule has 0 aromatic carbocycles. The highest BCUT2D eigenvalue weighted by Crippen LogP contribution is 2.37. The fraction of sp³-hybridized carbons (Fsp3) is 0.615. The van der Waals surface area contributed by atoms with Gasteiger partial charge in [0.1, 0.15) is 0 Å². The Hall–Kier alpha value is -0.906. The second-order valence-corrected chi connectivity index (χ2v) is 23.1. The third-order valence-electron chi connectivity index (χ3n) is 6.98. The number of carbonyl (C=O) groups is 2. The molecule has 0 saturated carbocycles. The predicted octanol–water partition coefficient (Wildman–Crippen LogP) is 8.25. The van der Waals surface area contributed by atoms with E-state index < -0.39 is 16.6 Å². The lowest BCUT2D eigenvalue weighted by atomic mass is 10.2. The first kappa shape index (κ1) is 31.1. The van der Waals surface area contributed by atoms with E-state index in [1.165, 1.54) is 28.2 Å². The smallest absolute Gasteiger partial charge is 0.191 e. The lowest BCUT2D eigenvalue weighted by molar-refractivity contribution is 0.111. The fourth-order valence-electron chi connectivity index (χ4n) is 2.52. The minimum Gasteiger partial charge on any atom is -0.416 e. The van der Waals surface area contributed by atoms with Crippen molar-refractivity contribution in [1.29, 1.82) is 0 Å². The van der Waals surface area contributed by atoms with E-state index in [1.807, 2.05) is 22.9 Å². The molecule has 0 bridgehead atoms. The number of aldehydes is 2. The third kappa shape index (κ3) is 9.62. The van der Waals surface area contributed by atoms with Crippen LogP contribution in [0, 0.1) is 0 Å². The van der Waals surface area contributed by atoms with Gasteiger partial charge in [0.25, 0.3) is 0 Å². The Balaban J connectivity index is 0.000000340. The molecule has 0 radical (unpaired) electrons. The zero-order chi connectivity index (χ0) is 26.2. The highest BCUT2D eigenvalue weighted by molar-refractivity contribution is 7.12. The summed E-state index contributed by atoms with van der Waals surface area (Å²) in [7, 11) is -3.28. The summed E-state index contributed by atoms with van der Waals surface area (Å²) >= 11 is 3.00. The van der Waals surface area contributed by atoms with Crippen LogP contribution in [0.4, 0.5) is 0 Å². The van der Waals surface area contributed by atoms with Crippen molar-refractivity contribution in [3.05, 3.63) is 43.8 Å². The first-order valence-electron chi connectivity index (χ1n) is 11.9. The summed E-state index contributed by atoms with van der Waals surface area (Å²) in [6, 6.07) is 3.97. The molecule has 4 nitrogen and oxygen atoms in total. The van der Waals surface area contributed by atoms with Gasteiger partial charge in [0.2, 0.25) is 0 Å². The highest BCUT2D eigenvalue weighted by Gasteiger charge is 2.37. The number of rotatable bonds is 10. The van der Waals surface area contributed by atoms with Gasteiger partial charge in [-0.15, -0.1) is 22.7 Å². The van der Waals surface area contributed by atoms with Crippen molar-refractivity contribution < 1.29 is 18.4 Å². The van der Waals surface area contributed by atoms with E-state index in [-0.39, 0.29) is 10.1 Å². The molecule has 0 N–H and O–H groups in total. The zero-order valence-corrected chi connectivity index (χ0v) is 26.4. The van der Waals surface area contributed by atoms with Gasteiger partial charge in [-0.1, -0.05) is 41.5 Å². The molecule has 2 rings (SSSR count). The molecule has 2 aromatic rings. The Kier molecular flexibility index (Phi) is 11.8. The summed E-state index contributed by atoms with van der Waals surface area (Å²) in [5, 5.41) is 4.51. The number of carbonyl (C=O) groups excluding carboxylic acids is 2. The molecule has 0 saturated heterocycles. The molecule has 0 aliphatic carbocycles. The number of hydrogen-bond acceptors (Lipinski definition) is 6. The van der Waals surface area contributed by atoms with Gasteiger partial charge in [0.05, 0.1) is 9.75 Å². The Labute approximate surface area is 217 Å². The topological polar surface area (TPSA) is 52.6 Å². The van der Waals surface area contributed by atoms with E-state index >= 15 is 0 Å². The van der Waals surface area contributed by atoms with E-state index in [0.717, 1.165) is 47.3 Å². The molecule has 0 unspecified atom stereocenters. The average molecular weight is 541 g/mol. The Morgan fingerprint density at radius 3 is 1.79 bits per heavy atom. The van der Waals surface area contributed by atoms with Crippen LogP contribution in [-0.2, 0) is 21.7 Å². The van der Waals surface area contributed by atoms with Crippen LogP contribution < -0.4 is 0 Å². The molecule has 0 atom stereocenters. The van der Waals surface area contributed by atoms with Crippen LogP contribution in [-0.4, -0.2) is 42.4 Å².